The van der Waals surface area contributed by atoms with Gasteiger partial charge in [0.1, 0.15) is 5.83 Å². The van der Waals surface area contributed by atoms with Crippen molar-refractivity contribution >= 4 is 33.8 Å². The SMILES string of the molecule is CC(=O)c1cnc(C2=[C-]C(F)(F)C(F)(F)C(F)=C2F)cc1C.Cc1ccc(C2=[C-]C(F)(F)C(C)(C)C(C)(C)C2(F)F)nc1.Cc1ccnc(C2=[C-]C(F)(F)CC(F)(F)N2C)c1.FC1(F)C[C-]=C(c2ccccn2)CC1(F)F.FC1=C(F)C(F)(F)C(c2ccccn2)=[C-]1.[Ir].[Ir].[Ir].[Ir].[Ir]. The van der Waals surface area contributed by atoms with Crippen LogP contribution in [0.3, 0.4) is 0 Å². The number of alkyl halides is 18. The zero-order chi connectivity index (χ0) is 69.6. The molecule has 6 heterocycles. The van der Waals surface area contributed by atoms with Crippen LogP contribution in [0.15, 0.2) is 121 Å². The third kappa shape index (κ3) is 19.0. The number of aryl methyl sites for hydroxylation is 3. The van der Waals surface area contributed by atoms with Crippen molar-refractivity contribution in [2.75, 3.05) is 7.05 Å². The molecule has 0 unspecified atom stereocenters. The number of allylic oxidation sites excluding steroid dienone is 13. The van der Waals surface area contributed by atoms with E-state index < -0.39 is 129 Å². The molecule has 541 valence electrons. The molecule has 97 heavy (non-hydrogen) atoms. The molecule has 5 radical (unpaired) electrons. The standard InChI is InChI=1S/C16H18F4N.C14H8F6NO.C12H11F4N2.C11H8F4N.C10H4F4N.5Ir/c1-10-6-7-12(21-9-10)11-8-15(17,18)13(2,3)14(4,5)16(11,19)20;1-6-3-10(21-5-9(6)7(2)22)8-4-13(17,18)14(19,20)12(16)11(8)15;1-8-3-4-17-9(5-8)10-6-11(13,14)7-12(15,16)18(10)2;12-10(13)5-4-8(7-11(10,14)15)9-3-1-2-6-16-9;11-7-5-6(10(13,14)9(7)12)8-3-1-2-4-15-8;;;;;/h6-7,9H,1-5H3;3,5H,1-2H3;3-5H,7H2,1-2H3;1-3,6H,5,7H2;1-4H;;;;;/q5*-1;;;;;. The summed E-state index contributed by atoms with van der Waals surface area (Å²) < 4.78 is 294. The first-order valence-electron chi connectivity index (χ1n) is 26.6. The summed E-state index contributed by atoms with van der Waals surface area (Å²) in [6, 6.07) is 12.4. The fourth-order valence-corrected chi connectivity index (χ4v) is 8.70. The first-order chi connectivity index (χ1) is 42.0. The van der Waals surface area contributed by atoms with E-state index in [1.54, 1.807) is 50.3 Å². The van der Waals surface area contributed by atoms with Gasteiger partial charge in [0.15, 0.2) is 11.6 Å². The van der Waals surface area contributed by atoms with Gasteiger partial charge in [-0.25, -0.2) is 61.5 Å². The Morgan fingerprint density at radius 1 is 0.526 bits per heavy atom. The third-order valence-corrected chi connectivity index (χ3v) is 15.1. The van der Waals surface area contributed by atoms with E-state index in [-0.39, 0.29) is 151 Å². The van der Waals surface area contributed by atoms with E-state index in [1.807, 2.05) is 6.08 Å². The monoisotopic (exact) mass is 2290 g/mol. The first kappa shape index (κ1) is 90.1. The van der Waals surface area contributed by atoms with E-state index in [9.17, 15) is 101 Å². The fraction of sp³-hybridized carbons (Fsp3) is 0.365. The average molecular weight is 2290 g/mol. The number of Topliss-reactive ketones (excluding diaryl/α,β-unsaturated/α-hetero) is 1. The van der Waals surface area contributed by atoms with E-state index >= 15 is 0 Å². The predicted molar refractivity (Wildman–Crippen MR) is 291 cm³/mol. The summed E-state index contributed by atoms with van der Waals surface area (Å²) in [5.41, 5.74) is -5.72. The molecule has 0 saturated heterocycles. The molecule has 0 amide bonds. The van der Waals surface area contributed by atoms with Gasteiger partial charge in [0.25, 0.3) is 17.8 Å². The van der Waals surface area contributed by atoms with Crippen molar-refractivity contribution in [3.05, 3.63) is 202 Å². The summed E-state index contributed by atoms with van der Waals surface area (Å²) >= 11 is 0. The number of halogens is 22. The summed E-state index contributed by atoms with van der Waals surface area (Å²) in [5, 5.41) is 0. The summed E-state index contributed by atoms with van der Waals surface area (Å²) in [6.07, 6.45) is 11.2. The van der Waals surface area contributed by atoms with Gasteiger partial charge in [-0.15, -0.1) is 47.2 Å². The Kier molecular flexibility index (Phi) is 30.5. The molecule has 5 aromatic rings. The number of ketones is 1. The van der Waals surface area contributed by atoms with Crippen LogP contribution in [0, 0.1) is 62.0 Å². The van der Waals surface area contributed by atoms with Crippen LogP contribution in [0.5, 0.6) is 0 Å². The molecule has 4 aliphatic carbocycles. The minimum Gasteiger partial charge on any atom is -0.351 e. The molecule has 5 aliphatic rings. The van der Waals surface area contributed by atoms with Crippen molar-refractivity contribution in [3.8, 4) is 0 Å². The van der Waals surface area contributed by atoms with Gasteiger partial charge in [-0.3, -0.25) is 19.7 Å². The Balaban J connectivity index is 0.000000602. The van der Waals surface area contributed by atoms with E-state index in [4.69, 9.17) is 0 Å². The van der Waals surface area contributed by atoms with Crippen LogP contribution in [0.1, 0.15) is 109 Å². The molecule has 0 atom stereocenters. The van der Waals surface area contributed by atoms with Crippen molar-refractivity contribution < 1.29 is 202 Å². The van der Waals surface area contributed by atoms with Crippen molar-refractivity contribution in [1.29, 1.82) is 0 Å². The zero-order valence-electron chi connectivity index (χ0n) is 50.9. The number of carbonyl (C=O) groups is 1. The molecule has 0 fully saturated rings. The maximum atomic E-state index is 14.8. The Hall–Kier alpha value is -4.89. The summed E-state index contributed by atoms with van der Waals surface area (Å²) in [4.78, 5) is 30.4. The van der Waals surface area contributed by atoms with Crippen LogP contribution in [0.4, 0.5) is 96.6 Å². The normalized spacial score (nSPS) is 20.7. The average Bonchev–Trinajstić information content (AvgIpc) is 1.22. The van der Waals surface area contributed by atoms with E-state index in [0.717, 1.165) is 64.2 Å². The maximum Gasteiger partial charge on any atom is 0.344 e. The number of aromatic nitrogens is 5. The second-order valence-corrected chi connectivity index (χ2v) is 22.2. The second kappa shape index (κ2) is 32.8. The largest absolute Gasteiger partial charge is 0.351 e. The molecule has 0 aromatic carbocycles. The fourth-order valence-electron chi connectivity index (χ4n) is 8.70. The number of nitrogens with zero attached hydrogens (tertiary/aromatic N) is 6. The van der Waals surface area contributed by atoms with Gasteiger partial charge in [0, 0.05) is 167 Å². The minimum absolute atomic E-state index is 0. The van der Waals surface area contributed by atoms with Gasteiger partial charge in [-0.1, -0.05) is 86.2 Å². The molecule has 10 rings (SSSR count). The third-order valence-electron chi connectivity index (χ3n) is 15.1. The van der Waals surface area contributed by atoms with Crippen LogP contribution in [0.25, 0.3) is 28.0 Å². The number of hydrogen-bond donors (Lipinski definition) is 0. The molecule has 5 aromatic heterocycles. The molecule has 0 N–H and O–H groups in total. The zero-order valence-corrected chi connectivity index (χ0v) is 62.9. The van der Waals surface area contributed by atoms with E-state index in [2.05, 4.69) is 31.0 Å². The van der Waals surface area contributed by atoms with Gasteiger partial charge in [-0.05, 0) is 74.8 Å². The van der Waals surface area contributed by atoms with Crippen LogP contribution in [0.2, 0.25) is 0 Å². The summed E-state index contributed by atoms with van der Waals surface area (Å²) in [5.74, 6) is -42.1. The van der Waals surface area contributed by atoms with Gasteiger partial charge in [0.05, 0.1) is 12.2 Å². The predicted octanol–water partition coefficient (Wildman–Crippen LogP) is 18.6. The van der Waals surface area contributed by atoms with Crippen molar-refractivity contribution in [2.45, 2.75) is 128 Å². The molecule has 1 aliphatic heterocycles. The van der Waals surface area contributed by atoms with Crippen molar-refractivity contribution in [2.24, 2.45) is 10.8 Å². The first-order valence-corrected chi connectivity index (χ1v) is 26.6. The smallest absolute Gasteiger partial charge is 0.344 e. The van der Waals surface area contributed by atoms with Gasteiger partial charge >= 0.3 is 17.9 Å². The van der Waals surface area contributed by atoms with Crippen molar-refractivity contribution in [1.82, 2.24) is 29.8 Å². The van der Waals surface area contributed by atoms with Crippen LogP contribution in [-0.2, 0) is 101 Å². The quantitative estimate of drug-likeness (QED) is 0.0725. The number of carbonyl (C=O) groups excluding carboxylic acids is 1. The van der Waals surface area contributed by atoms with Gasteiger partial charge in [0.2, 0.25) is 17.8 Å². The van der Waals surface area contributed by atoms with Crippen LogP contribution >= 0.6 is 0 Å². The van der Waals surface area contributed by atoms with Gasteiger partial charge in [-0.2, -0.15) is 44.1 Å². The Labute approximate surface area is 609 Å². The molecule has 0 saturated carbocycles. The second-order valence-electron chi connectivity index (χ2n) is 22.2. The topological polar surface area (TPSA) is 84.8 Å². The Morgan fingerprint density at radius 2 is 1.06 bits per heavy atom. The molecular weight excluding hydrogens is 2240 g/mol. The molecule has 0 spiro atoms. The van der Waals surface area contributed by atoms with Gasteiger partial charge < -0.3 is 29.8 Å². The van der Waals surface area contributed by atoms with E-state index in [0.29, 0.717) is 4.90 Å². The van der Waals surface area contributed by atoms with Crippen LogP contribution in [-0.4, -0.2) is 96.1 Å². The Bertz CT molecular complexity index is 3820. The van der Waals surface area contributed by atoms with Crippen molar-refractivity contribution in [3.63, 3.8) is 0 Å². The number of rotatable bonds is 6. The minimum atomic E-state index is -5.31. The molecule has 7 nitrogen and oxygen atoms in total. The summed E-state index contributed by atoms with van der Waals surface area (Å²) in [6.45, 7) is 10.7. The van der Waals surface area contributed by atoms with E-state index in [1.165, 1.54) is 75.0 Å². The number of hydrogen-bond acceptors (Lipinski definition) is 7. The number of pyridine rings is 5. The Morgan fingerprint density at radius 3 is 1.54 bits per heavy atom. The summed E-state index contributed by atoms with van der Waals surface area (Å²) in [7, 11) is 1.06. The molecule has 34 heteroatoms. The molecular formula is C63H49F22Ir5N6O-5. The molecule has 0 bridgehead atoms. The van der Waals surface area contributed by atoms with Crippen LogP contribution < -0.4 is 0 Å². The maximum absolute atomic E-state index is 14.8.